The molecule has 3 N–H and O–H groups in total. The first kappa shape index (κ1) is 14.6. The van der Waals surface area contributed by atoms with Crippen molar-refractivity contribution < 1.29 is 5.11 Å². The fraction of sp³-hybridized carbons (Fsp3) is 0.400. The van der Waals surface area contributed by atoms with Crippen molar-refractivity contribution >= 4 is 5.82 Å². The van der Waals surface area contributed by atoms with Crippen LogP contribution in [0, 0.1) is 6.92 Å². The second kappa shape index (κ2) is 6.54. The van der Waals surface area contributed by atoms with Crippen LogP contribution in [0.2, 0.25) is 0 Å². The Morgan fingerprint density at radius 3 is 2.55 bits per heavy atom. The third-order valence-electron chi connectivity index (χ3n) is 3.41. The summed E-state index contributed by atoms with van der Waals surface area (Å²) in [6.07, 6.45) is 0. The molecular weight excluding hydrogens is 252 g/mol. The van der Waals surface area contributed by atoms with Crippen LogP contribution in [-0.2, 0) is 6.54 Å². The number of aryl methyl sites for hydroxylation is 1. The molecule has 20 heavy (non-hydrogen) atoms. The third-order valence-corrected chi connectivity index (χ3v) is 3.41. The van der Waals surface area contributed by atoms with Crippen molar-refractivity contribution in [1.29, 1.82) is 0 Å². The molecule has 0 bridgehead atoms. The molecule has 0 aliphatic carbocycles. The summed E-state index contributed by atoms with van der Waals surface area (Å²) in [5, 5.41) is 13.9. The Bertz CT molecular complexity index is 551. The average Bonchev–Trinajstić information content (AvgIpc) is 2.82. The fourth-order valence-electron chi connectivity index (χ4n) is 2.39. The van der Waals surface area contributed by atoms with Crippen molar-refractivity contribution in [3.8, 4) is 5.69 Å². The van der Waals surface area contributed by atoms with Gasteiger partial charge in [0, 0.05) is 25.2 Å². The van der Waals surface area contributed by atoms with Gasteiger partial charge in [-0.05, 0) is 26.0 Å². The van der Waals surface area contributed by atoms with Gasteiger partial charge in [0.2, 0.25) is 0 Å². The standard InChI is InChI=1S/C15H22N4O/c1-3-18(9-10-20)15-14(11-16)12(2)17-19(15)13-7-5-4-6-8-13/h4-8,20H,3,9-11,16H2,1-2H3. The summed E-state index contributed by atoms with van der Waals surface area (Å²) in [5.74, 6) is 0.979. The molecule has 0 atom stereocenters. The Morgan fingerprint density at radius 2 is 2.00 bits per heavy atom. The van der Waals surface area contributed by atoms with Crippen molar-refractivity contribution in [1.82, 2.24) is 9.78 Å². The number of nitrogens with two attached hydrogens (primary N) is 1. The van der Waals surface area contributed by atoms with Crippen LogP contribution in [0.15, 0.2) is 30.3 Å². The van der Waals surface area contributed by atoms with E-state index in [1.54, 1.807) is 0 Å². The first-order valence-corrected chi connectivity index (χ1v) is 6.92. The number of benzene rings is 1. The van der Waals surface area contributed by atoms with Gasteiger partial charge < -0.3 is 15.7 Å². The maximum Gasteiger partial charge on any atom is 0.137 e. The molecule has 5 nitrogen and oxygen atoms in total. The van der Waals surface area contributed by atoms with Crippen molar-refractivity contribution in [2.24, 2.45) is 5.73 Å². The molecule has 0 saturated carbocycles. The predicted octanol–water partition coefficient (Wildman–Crippen LogP) is 1.46. The highest BCUT2D eigenvalue weighted by atomic mass is 16.3. The van der Waals surface area contributed by atoms with E-state index < -0.39 is 0 Å². The van der Waals surface area contributed by atoms with Crippen molar-refractivity contribution in [2.75, 3.05) is 24.6 Å². The SMILES string of the molecule is CCN(CCO)c1c(CN)c(C)nn1-c1ccccc1. The van der Waals surface area contributed by atoms with Crippen LogP contribution in [0.1, 0.15) is 18.2 Å². The molecular formula is C15H22N4O. The van der Waals surface area contributed by atoms with E-state index >= 15 is 0 Å². The van der Waals surface area contributed by atoms with Gasteiger partial charge in [-0.2, -0.15) is 5.10 Å². The Balaban J connectivity index is 2.57. The van der Waals surface area contributed by atoms with Gasteiger partial charge in [-0.25, -0.2) is 4.68 Å². The zero-order valence-corrected chi connectivity index (χ0v) is 12.1. The Hall–Kier alpha value is -1.85. The number of aromatic nitrogens is 2. The van der Waals surface area contributed by atoms with Gasteiger partial charge in [-0.1, -0.05) is 18.2 Å². The van der Waals surface area contributed by atoms with Gasteiger partial charge in [0.15, 0.2) is 0 Å². The second-order valence-electron chi connectivity index (χ2n) is 4.64. The molecule has 0 aliphatic heterocycles. The molecule has 1 aromatic carbocycles. The summed E-state index contributed by atoms with van der Waals surface area (Å²) in [4.78, 5) is 2.11. The molecule has 108 valence electrons. The number of aliphatic hydroxyl groups is 1. The normalized spacial score (nSPS) is 10.8. The first-order valence-electron chi connectivity index (χ1n) is 6.92. The van der Waals surface area contributed by atoms with Gasteiger partial charge in [-0.3, -0.25) is 0 Å². The zero-order chi connectivity index (χ0) is 14.5. The Kier molecular flexibility index (Phi) is 4.76. The number of nitrogens with zero attached hydrogens (tertiary/aromatic N) is 3. The second-order valence-corrected chi connectivity index (χ2v) is 4.64. The van der Waals surface area contributed by atoms with E-state index in [-0.39, 0.29) is 6.61 Å². The number of para-hydroxylation sites is 1. The molecule has 0 aliphatic rings. The quantitative estimate of drug-likeness (QED) is 0.837. The maximum absolute atomic E-state index is 9.26. The van der Waals surface area contributed by atoms with E-state index in [4.69, 9.17) is 5.73 Å². The van der Waals surface area contributed by atoms with E-state index in [1.165, 1.54) is 0 Å². The Labute approximate surface area is 119 Å². The number of aliphatic hydroxyl groups excluding tert-OH is 1. The molecule has 2 rings (SSSR count). The molecule has 2 aromatic rings. The van der Waals surface area contributed by atoms with Crippen LogP contribution in [0.3, 0.4) is 0 Å². The molecule has 1 heterocycles. The van der Waals surface area contributed by atoms with Gasteiger partial charge in [0.25, 0.3) is 0 Å². The van der Waals surface area contributed by atoms with Gasteiger partial charge in [0.05, 0.1) is 18.0 Å². The number of anilines is 1. The van der Waals surface area contributed by atoms with Crippen molar-refractivity contribution in [3.05, 3.63) is 41.6 Å². The molecule has 0 spiro atoms. The van der Waals surface area contributed by atoms with Crippen LogP contribution < -0.4 is 10.6 Å². The largest absolute Gasteiger partial charge is 0.395 e. The molecule has 1 aromatic heterocycles. The number of rotatable bonds is 6. The van der Waals surface area contributed by atoms with Crippen LogP contribution in [0.25, 0.3) is 5.69 Å². The zero-order valence-electron chi connectivity index (χ0n) is 12.1. The van der Waals surface area contributed by atoms with Crippen LogP contribution in [-0.4, -0.2) is 34.6 Å². The van der Waals surface area contributed by atoms with Crippen LogP contribution in [0.4, 0.5) is 5.82 Å². The Morgan fingerprint density at radius 1 is 1.30 bits per heavy atom. The minimum Gasteiger partial charge on any atom is -0.395 e. The van der Waals surface area contributed by atoms with E-state index in [9.17, 15) is 5.11 Å². The van der Waals surface area contributed by atoms with Crippen LogP contribution >= 0.6 is 0 Å². The number of hydrogen-bond donors (Lipinski definition) is 2. The number of likely N-dealkylation sites (N-methyl/N-ethyl adjacent to an activating group) is 1. The highest BCUT2D eigenvalue weighted by Crippen LogP contribution is 2.26. The predicted molar refractivity (Wildman–Crippen MR) is 81.2 cm³/mol. The molecule has 5 heteroatoms. The maximum atomic E-state index is 9.26. The van der Waals surface area contributed by atoms with Crippen molar-refractivity contribution in [3.63, 3.8) is 0 Å². The van der Waals surface area contributed by atoms with E-state index in [2.05, 4.69) is 16.9 Å². The van der Waals surface area contributed by atoms with Crippen LogP contribution in [0.5, 0.6) is 0 Å². The summed E-state index contributed by atoms with van der Waals surface area (Å²) < 4.78 is 1.91. The topological polar surface area (TPSA) is 67.3 Å². The molecule has 0 unspecified atom stereocenters. The summed E-state index contributed by atoms with van der Waals surface area (Å²) in [5.41, 5.74) is 8.86. The lowest BCUT2D eigenvalue weighted by Gasteiger charge is -2.24. The lowest BCUT2D eigenvalue weighted by molar-refractivity contribution is 0.302. The third kappa shape index (κ3) is 2.69. The van der Waals surface area contributed by atoms with E-state index in [1.807, 2.05) is 41.9 Å². The summed E-state index contributed by atoms with van der Waals surface area (Å²) in [6.45, 7) is 5.95. The summed E-state index contributed by atoms with van der Waals surface area (Å²) >= 11 is 0. The van der Waals surface area contributed by atoms with E-state index in [0.717, 1.165) is 29.3 Å². The van der Waals surface area contributed by atoms with Gasteiger partial charge in [0.1, 0.15) is 5.82 Å². The minimum atomic E-state index is 0.108. The van der Waals surface area contributed by atoms with Gasteiger partial charge >= 0.3 is 0 Å². The smallest absolute Gasteiger partial charge is 0.137 e. The fourth-order valence-corrected chi connectivity index (χ4v) is 2.39. The summed E-state index contributed by atoms with van der Waals surface area (Å²) in [6, 6.07) is 9.99. The monoisotopic (exact) mass is 274 g/mol. The average molecular weight is 274 g/mol. The first-order chi connectivity index (χ1) is 9.72. The lowest BCUT2D eigenvalue weighted by Crippen LogP contribution is -2.29. The number of hydrogen-bond acceptors (Lipinski definition) is 4. The molecule has 0 fully saturated rings. The van der Waals surface area contributed by atoms with Gasteiger partial charge in [-0.15, -0.1) is 0 Å². The molecule has 0 saturated heterocycles. The van der Waals surface area contributed by atoms with E-state index in [0.29, 0.717) is 13.1 Å². The highest BCUT2D eigenvalue weighted by molar-refractivity contribution is 5.55. The summed E-state index contributed by atoms with van der Waals surface area (Å²) in [7, 11) is 0. The molecule has 0 radical (unpaired) electrons. The van der Waals surface area contributed by atoms with Crippen molar-refractivity contribution in [2.45, 2.75) is 20.4 Å². The highest BCUT2D eigenvalue weighted by Gasteiger charge is 2.19. The molecule has 0 amide bonds. The minimum absolute atomic E-state index is 0.108. The lowest BCUT2D eigenvalue weighted by atomic mass is 10.2.